The SMILES string of the molecule is CC(C)COC(=O)OC(=O)[C@H](Cc1ccc(CCC(=O)N2CCOCC2)cc1)NC(=O)OC(C)(C)C. The fourth-order valence-electron chi connectivity index (χ4n) is 3.36. The Bertz CT molecular complexity index is 886. The van der Waals surface area contributed by atoms with Gasteiger partial charge < -0.3 is 29.2 Å². The van der Waals surface area contributed by atoms with Gasteiger partial charge in [-0.2, -0.15) is 0 Å². The first-order valence-corrected chi connectivity index (χ1v) is 12.2. The summed E-state index contributed by atoms with van der Waals surface area (Å²) in [5.74, 6) is -0.781. The molecule has 200 valence electrons. The number of nitrogens with one attached hydrogen (secondary N) is 1. The van der Waals surface area contributed by atoms with Crippen LogP contribution in [0.15, 0.2) is 24.3 Å². The molecule has 1 aliphatic rings. The molecule has 0 radical (unpaired) electrons. The molecule has 1 heterocycles. The second-order valence-electron chi connectivity index (χ2n) is 10.1. The highest BCUT2D eigenvalue weighted by molar-refractivity contribution is 5.88. The molecule has 1 N–H and O–H groups in total. The van der Waals surface area contributed by atoms with Crippen molar-refractivity contribution >= 4 is 24.1 Å². The van der Waals surface area contributed by atoms with Crippen LogP contribution in [0.25, 0.3) is 0 Å². The van der Waals surface area contributed by atoms with E-state index in [1.165, 1.54) is 0 Å². The van der Waals surface area contributed by atoms with Crippen molar-refractivity contribution in [1.82, 2.24) is 10.2 Å². The molecule has 0 saturated carbocycles. The number of ether oxygens (including phenoxy) is 4. The maximum atomic E-state index is 12.7. The number of alkyl carbamates (subject to hydrolysis) is 1. The molecule has 0 spiro atoms. The predicted octanol–water partition coefficient (Wildman–Crippen LogP) is 3.25. The van der Waals surface area contributed by atoms with Gasteiger partial charge in [-0.15, -0.1) is 0 Å². The second-order valence-corrected chi connectivity index (χ2v) is 10.1. The van der Waals surface area contributed by atoms with Crippen molar-refractivity contribution in [2.75, 3.05) is 32.9 Å². The Morgan fingerprint density at radius 2 is 1.64 bits per heavy atom. The summed E-state index contributed by atoms with van der Waals surface area (Å²) in [6.07, 6.45) is -0.877. The molecule has 1 aromatic rings. The van der Waals surface area contributed by atoms with Crippen LogP contribution in [0.4, 0.5) is 9.59 Å². The molecule has 10 nitrogen and oxygen atoms in total. The number of carbonyl (C=O) groups excluding carboxylic acids is 4. The topological polar surface area (TPSA) is 120 Å². The molecule has 10 heteroatoms. The van der Waals surface area contributed by atoms with Crippen LogP contribution in [-0.2, 0) is 41.4 Å². The van der Waals surface area contributed by atoms with Crippen LogP contribution >= 0.6 is 0 Å². The van der Waals surface area contributed by atoms with Gasteiger partial charge >= 0.3 is 18.2 Å². The molecule has 36 heavy (non-hydrogen) atoms. The Kier molecular flexibility index (Phi) is 11.2. The van der Waals surface area contributed by atoms with Gasteiger partial charge in [-0.1, -0.05) is 38.1 Å². The van der Waals surface area contributed by atoms with Crippen molar-refractivity contribution in [3.63, 3.8) is 0 Å². The van der Waals surface area contributed by atoms with Gasteiger partial charge in [0, 0.05) is 25.9 Å². The Balaban J connectivity index is 1.99. The molecule has 0 aromatic heterocycles. The maximum absolute atomic E-state index is 12.7. The molecule has 1 atom stereocenters. The van der Waals surface area contributed by atoms with Crippen molar-refractivity contribution in [2.24, 2.45) is 5.92 Å². The van der Waals surface area contributed by atoms with Gasteiger partial charge in [0.15, 0.2) is 0 Å². The number of benzene rings is 1. The zero-order valence-corrected chi connectivity index (χ0v) is 21.8. The van der Waals surface area contributed by atoms with Crippen molar-refractivity contribution in [2.45, 2.75) is 65.5 Å². The van der Waals surface area contributed by atoms with Gasteiger partial charge in [0.2, 0.25) is 5.91 Å². The van der Waals surface area contributed by atoms with Crippen molar-refractivity contribution in [1.29, 1.82) is 0 Å². The van der Waals surface area contributed by atoms with Crippen LogP contribution < -0.4 is 5.32 Å². The minimum atomic E-state index is -1.17. The number of amides is 2. The van der Waals surface area contributed by atoms with E-state index < -0.39 is 29.9 Å². The monoisotopic (exact) mass is 506 g/mol. The molecule has 1 fully saturated rings. The molecule has 0 unspecified atom stereocenters. The van der Waals surface area contributed by atoms with E-state index in [2.05, 4.69) is 5.32 Å². The van der Waals surface area contributed by atoms with Gasteiger partial charge in [0.25, 0.3) is 0 Å². The third kappa shape index (κ3) is 11.1. The average Bonchev–Trinajstić information content (AvgIpc) is 2.81. The summed E-state index contributed by atoms with van der Waals surface area (Å²) in [6, 6.07) is 6.19. The number of aryl methyl sites for hydroxylation is 1. The predicted molar refractivity (Wildman–Crippen MR) is 131 cm³/mol. The summed E-state index contributed by atoms with van der Waals surface area (Å²) in [6.45, 7) is 11.3. The van der Waals surface area contributed by atoms with Crippen LogP contribution in [0.5, 0.6) is 0 Å². The number of carbonyl (C=O) groups is 4. The standard InChI is InChI=1S/C26H38N2O8/c1-18(2)17-34-25(32)35-23(30)21(27-24(31)36-26(3,4)5)16-20-8-6-19(7-9-20)10-11-22(29)28-12-14-33-15-13-28/h6-9,18,21H,10-17H2,1-5H3,(H,27,31)/t21-/m0/s1. The van der Waals surface area contributed by atoms with E-state index in [1.54, 1.807) is 20.8 Å². The molecule has 1 aliphatic heterocycles. The van der Waals surface area contributed by atoms with Gasteiger partial charge in [-0.3, -0.25) is 4.79 Å². The summed E-state index contributed by atoms with van der Waals surface area (Å²) in [7, 11) is 0. The number of nitrogens with zero attached hydrogens (tertiary/aromatic N) is 1. The lowest BCUT2D eigenvalue weighted by atomic mass is 10.0. The zero-order valence-electron chi connectivity index (χ0n) is 21.8. The number of esters is 1. The third-order valence-electron chi connectivity index (χ3n) is 5.15. The average molecular weight is 507 g/mol. The summed E-state index contributed by atoms with van der Waals surface area (Å²) >= 11 is 0. The van der Waals surface area contributed by atoms with E-state index in [1.807, 2.05) is 43.0 Å². The first-order valence-electron chi connectivity index (χ1n) is 12.2. The molecule has 0 bridgehead atoms. The minimum absolute atomic E-state index is 0.0719. The Labute approximate surface area is 212 Å². The quantitative estimate of drug-likeness (QED) is 0.400. The Hall–Kier alpha value is -3.14. The first-order chi connectivity index (χ1) is 16.9. The van der Waals surface area contributed by atoms with E-state index in [-0.39, 0.29) is 24.9 Å². The first kappa shape index (κ1) is 29.1. The maximum Gasteiger partial charge on any atom is 0.516 e. The number of rotatable bonds is 9. The van der Waals surface area contributed by atoms with E-state index >= 15 is 0 Å². The van der Waals surface area contributed by atoms with Crippen molar-refractivity contribution in [3.8, 4) is 0 Å². The Morgan fingerprint density at radius 3 is 2.22 bits per heavy atom. The van der Waals surface area contributed by atoms with Gasteiger partial charge in [-0.05, 0) is 44.2 Å². The summed E-state index contributed by atoms with van der Waals surface area (Å²) < 4.78 is 20.2. The van der Waals surface area contributed by atoms with Gasteiger partial charge in [0.1, 0.15) is 11.6 Å². The van der Waals surface area contributed by atoms with Crippen molar-refractivity contribution < 1.29 is 38.1 Å². The molecule has 1 aromatic carbocycles. The molecular weight excluding hydrogens is 468 g/mol. The highest BCUT2D eigenvalue weighted by Gasteiger charge is 2.28. The number of hydrogen-bond donors (Lipinski definition) is 1. The van der Waals surface area contributed by atoms with Crippen LogP contribution in [0.1, 0.15) is 52.2 Å². The fourth-order valence-corrected chi connectivity index (χ4v) is 3.36. The van der Waals surface area contributed by atoms with Crippen molar-refractivity contribution in [3.05, 3.63) is 35.4 Å². The molecular formula is C26H38N2O8. The van der Waals surface area contributed by atoms with E-state index in [0.29, 0.717) is 39.1 Å². The number of hydrogen-bond acceptors (Lipinski definition) is 8. The van der Waals surface area contributed by atoms with Crippen LogP contribution in [0.2, 0.25) is 0 Å². The molecule has 1 saturated heterocycles. The lowest BCUT2D eigenvalue weighted by Crippen LogP contribution is -2.46. The Morgan fingerprint density at radius 1 is 1.03 bits per heavy atom. The third-order valence-corrected chi connectivity index (χ3v) is 5.15. The smallest absolute Gasteiger partial charge is 0.444 e. The largest absolute Gasteiger partial charge is 0.516 e. The van der Waals surface area contributed by atoms with Gasteiger partial charge in [-0.25, -0.2) is 14.4 Å². The lowest BCUT2D eigenvalue weighted by Gasteiger charge is -2.26. The zero-order chi connectivity index (χ0) is 26.7. The summed E-state index contributed by atoms with van der Waals surface area (Å²) in [5.41, 5.74) is 0.929. The summed E-state index contributed by atoms with van der Waals surface area (Å²) in [5, 5.41) is 2.48. The normalized spacial score (nSPS) is 14.7. The van der Waals surface area contributed by atoms with E-state index in [4.69, 9.17) is 18.9 Å². The highest BCUT2D eigenvalue weighted by atomic mass is 16.7. The van der Waals surface area contributed by atoms with Gasteiger partial charge in [0.05, 0.1) is 19.8 Å². The van der Waals surface area contributed by atoms with Crippen LogP contribution in [0.3, 0.4) is 0 Å². The number of morpholine rings is 1. The minimum Gasteiger partial charge on any atom is -0.444 e. The lowest BCUT2D eigenvalue weighted by molar-refractivity contribution is -0.142. The fraction of sp³-hybridized carbons (Fsp3) is 0.615. The van der Waals surface area contributed by atoms with E-state index in [9.17, 15) is 19.2 Å². The van der Waals surface area contributed by atoms with Crippen LogP contribution in [-0.4, -0.2) is 73.6 Å². The van der Waals surface area contributed by atoms with Crippen LogP contribution in [0, 0.1) is 5.92 Å². The molecule has 0 aliphatic carbocycles. The summed E-state index contributed by atoms with van der Waals surface area (Å²) in [4.78, 5) is 51.0. The highest BCUT2D eigenvalue weighted by Crippen LogP contribution is 2.13. The van der Waals surface area contributed by atoms with E-state index in [0.717, 1.165) is 11.1 Å². The molecule has 2 amide bonds. The molecule has 2 rings (SSSR count). The second kappa shape index (κ2) is 13.8.